The first-order valence-electron chi connectivity index (χ1n) is 6.80. The van der Waals surface area contributed by atoms with Gasteiger partial charge in [0.25, 0.3) is 0 Å². The number of hydrogen-bond acceptors (Lipinski definition) is 4. The normalized spacial score (nSPS) is 23.6. The lowest BCUT2D eigenvalue weighted by Crippen LogP contribution is -2.53. The average molecular weight is 257 g/mol. The summed E-state index contributed by atoms with van der Waals surface area (Å²) in [5, 5.41) is 3.22. The third kappa shape index (κ3) is 4.55. The fourth-order valence-electron chi connectivity index (χ4n) is 2.26. The number of amides is 1. The maximum atomic E-state index is 11.3. The van der Waals surface area contributed by atoms with Crippen molar-refractivity contribution in [1.82, 2.24) is 10.2 Å². The summed E-state index contributed by atoms with van der Waals surface area (Å²) < 4.78 is 5.71. The number of primary amides is 1. The maximum absolute atomic E-state index is 11.3. The lowest BCUT2D eigenvalue weighted by Gasteiger charge is -2.36. The molecule has 0 aliphatic carbocycles. The van der Waals surface area contributed by atoms with Gasteiger partial charge in [0, 0.05) is 25.7 Å². The summed E-state index contributed by atoms with van der Waals surface area (Å²) in [5.41, 5.74) is 5.38. The molecule has 3 N–H and O–H groups in total. The van der Waals surface area contributed by atoms with Crippen molar-refractivity contribution < 1.29 is 9.53 Å². The van der Waals surface area contributed by atoms with E-state index in [4.69, 9.17) is 10.5 Å². The van der Waals surface area contributed by atoms with Gasteiger partial charge in [0.1, 0.15) is 0 Å². The molecule has 5 heteroatoms. The average Bonchev–Trinajstić information content (AvgIpc) is 2.28. The molecule has 0 aromatic rings. The molecule has 0 saturated carbocycles. The Morgan fingerprint density at radius 2 is 2.11 bits per heavy atom. The van der Waals surface area contributed by atoms with Crippen molar-refractivity contribution in [2.75, 3.05) is 26.2 Å². The van der Waals surface area contributed by atoms with E-state index in [1.165, 1.54) is 0 Å². The molecule has 1 fully saturated rings. The van der Waals surface area contributed by atoms with Gasteiger partial charge in [-0.05, 0) is 19.8 Å². The Labute approximate surface area is 110 Å². The molecule has 2 atom stereocenters. The molecule has 0 spiro atoms. The van der Waals surface area contributed by atoms with Gasteiger partial charge in [-0.1, -0.05) is 13.8 Å². The first kappa shape index (κ1) is 15.4. The van der Waals surface area contributed by atoms with Crippen molar-refractivity contribution in [3.8, 4) is 0 Å². The Morgan fingerprint density at radius 3 is 2.61 bits per heavy atom. The van der Waals surface area contributed by atoms with Gasteiger partial charge in [0.2, 0.25) is 5.91 Å². The van der Waals surface area contributed by atoms with Crippen LogP contribution in [-0.2, 0) is 9.53 Å². The number of morpholine rings is 1. The van der Waals surface area contributed by atoms with Gasteiger partial charge in [-0.3, -0.25) is 9.69 Å². The van der Waals surface area contributed by atoms with E-state index in [0.717, 1.165) is 19.7 Å². The smallest absolute Gasteiger partial charge is 0.234 e. The number of ether oxygens (including phenoxy) is 1. The molecule has 0 bridgehead atoms. The lowest BCUT2D eigenvalue weighted by molar-refractivity contribution is -0.121. The highest BCUT2D eigenvalue weighted by atomic mass is 16.5. The largest absolute Gasteiger partial charge is 0.374 e. The zero-order chi connectivity index (χ0) is 13.7. The SMILES string of the molecule is CC(C)C(NCC1CN(C(C)C)CCO1)C(N)=O. The van der Waals surface area contributed by atoms with Crippen LogP contribution < -0.4 is 11.1 Å². The highest BCUT2D eigenvalue weighted by Gasteiger charge is 2.25. The molecule has 1 amide bonds. The molecule has 1 aliphatic rings. The molecule has 1 aliphatic heterocycles. The number of nitrogens with one attached hydrogen (secondary N) is 1. The van der Waals surface area contributed by atoms with Gasteiger partial charge in [-0.25, -0.2) is 0 Å². The van der Waals surface area contributed by atoms with E-state index >= 15 is 0 Å². The Morgan fingerprint density at radius 1 is 1.44 bits per heavy atom. The van der Waals surface area contributed by atoms with E-state index in [0.29, 0.717) is 12.6 Å². The van der Waals surface area contributed by atoms with E-state index in [2.05, 4.69) is 24.1 Å². The Balaban J connectivity index is 2.40. The summed E-state index contributed by atoms with van der Waals surface area (Å²) in [5.74, 6) is -0.0891. The fraction of sp³-hybridized carbons (Fsp3) is 0.923. The molecule has 0 aromatic heterocycles. The lowest BCUT2D eigenvalue weighted by atomic mass is 10.0. The first-order valence-corrected chi connectivity index (χ1v) is 6.80. The van der Waals surface area contributed by atoms with Crippen molar-refractivity contribution in [3.05, 3.63) is 0 Å². The minimum Gasteiger partial charge on any atom is -0.374 e. The summed E-state index contributed by atoms with van der Waals surface area (Å²) in [6, 6.07) is 0.261. The number of rotatable bonds is 6. The van der Waals surface area contributed by atoms with Crippen molar-refractivity contribution in [2.45, 2.75) is 45.9 Å². The summed E-state index contributed by atoms with van der Waals surface area (Å²) in [7, 11) is 0. The third-order valence-electron chi connectivity index (χ3n) is 3.44. The molecule has 18 heavy (non-hydrogen) atoms. The molecule has 1 rings (SSSR count). The van der Waals surface area contributed by atoms with Gasteiger partial charge in [-0.15, -0.1) is 0 Å². The van der Waals surface area contributed by atoms with Crippen LogP contribution in [0.3, 0.4) is 0 Å². The monoisotopic (exact) mass is 257 g/mol. The van der Waals surface area contributed by atoms with Gasteiger partial charge < -0.3 is 15.8 Å². The minimum atomic E-state index is -0.290. The molecule has 0 radical (unpaired) electrons. The topological polar surface area (TPSA) is 67.6 Å². The number of hydrogen-bond donors (Lipinski definition) is 2. The molecular weight excluding hydrogens is 230 g/mol. The second-order valence-electron chi connectivity index (χ2n) is 5.61. The van der Waals surface area contributed by atoms with Gasteiger partial charge >= 0.3 is 0 Å². The Bertz CT molecular complexity index is 269. The van der Waals surface area contributed by atoms with Crippen LogP contribution in [0.2, 0.25) is 0 Å². The standard InChI is InChI=1S/C13H27N3O2/c1-9(2)12(13(14)17)15-7-11-8-16(10(3)4)5-6-18-11/h9-12,15H,5-8H2,1-4H3,(H2,14,17). The van der Waals surface area contributed by atoms with Gasteiger partial charge in [0.15, 0.2) is 0 Å². The molecule has 0 aromatic carbocycles. The molecule has 5 nitrogen and oxygen atoms in total. The van der Waals surface area contributed by atoms with Crippen molar-refractivity contribution >= 4 is 5.91 Å². The highest BCUT2D eigenvalue weighted by molar-refractivity contribution is 5.80. The number of nitrogens with zero attached hydrogens (tertiary/aromatic N) is 1. The molecular formula is C13H27N3O2. The Kier molecular flexibility index (Phi) is 6.05. The van der Waals surface area contributed by atoms with Crippen LogP contribution in [0.1, 0.15) is 27.7 Å². The predicted molar refractivity (Wildman–Crippen MR) is 72.3 cm³/mol. The van der Waals surface area contributed by atoms with Crippen LogP contribution in [0.5, 0.6) is 0 Å². The van der Waals surface area contributed by atoms with Crippen LogP contribution in [-0.4, -0.2) is 55.2 Å². The van der Waals surface area contributed by atoms with E-state index < -0.39 is 0 Å². The quantitative estimate of drug-likeness (QED) is 0.713. The first-order chi connectivity index (χ1) is 8.41. The summed E-state index contributed by atoms with van der Waals surface area (Å²) in [6.45, 7) is 11.7. The van der Waals surface area contributed by atoms with Crippen LogP contribution in [0.15, 0.2) is 0 Å². The second-order valence-corrected chi connectivity index (χ2v) is 5.61. The van der Waals surface area contributed by atoms with E-state index in [9.17, 15) is 4.79 Å². The zero-order valence-corrected chi connectivity index (χ0v) is 12.0. The maximum Gasteiger partial charge on any atom is 0.234 e. The Hall–Kier alpha value is -0.650. The highest BCUT2D eigenvalue weighted by Crippen LogP contribution is 2.09. The van der Waals surface area contributed by atoms with Crippen LogP contribution in [0.25, 0.3) is 0 Å². The van der Waals surface area contributed by atoms with Crippen LogP contribution in [0, 0.1) is 5.92 Å². The second kappa shape index (κ2) is 7.07. The fourth-order valence-corrected chi connectivity index (χ4v) is 2.26. The zero-order valence-electron chi connectivity index (χ0n) is 12.0. The molecule has 2 unspecified atom stereocenters. The van der Waals surface area contributed by atoms with E-state index in [-0.39, 0.29) is 24.0 Å². The van der Waals surface area contributed by atoms with Gasteiger partial charge in [-0.2, -0.15) is 0 Å². The van der Waals surface area contributed by atoms with Crippen LogP contribution >= 0.6 is 0 Å². The van der Waals surface area contributed by atoms with Crippen molar-refractivity contribution in [3.63, 3.8) is 0 Å². The summed E-state index contributed by atoms with van der Waals surface area (Å²) in [6.07, 6.45) is 0.141. The number of nitrogens with two attached hydrogens (primary N) is 1. The number of carbonyl (C=O) groups is 1. The molecule has 106 valence electrons. The predicted octanol–water partition coefficient (Wildman–Crippen LogP) is 0.195. The van der Waals surface area contributed by atoms with Gasteiger partial charge in [0.05, 0.1) is 18.8 Å². The minimum absolute atomic E-state index is 0.141. The van der Waals surface area contributed by atoms with Crippen molar-refractivity contribution in [1.29, 1.82) is 0 Å². The van der Waals surface area contributed by atoms with E-state index in [1.807, 2.05) is 13.8 Å². The van der Waals surface area contributed by atoms with Crippen molar-refractivity contribution in [2.24, 2.45) is 11.7 Å². The summed E-state index contributed by atoms with van der Waals surface area (Å²) >= 11 is 0. The van der Waals surface area contributed by atoms with Crippen LogP contribution in [0.4, 0.5) is 0 Å². The third-order valence-corrected chi connectivity index (χ3v) is 3.44. The number of carbonyl (C=O) groups excluding carboxylic acids is 1. The van der Waals surface area contributed by atoms with E-state index in [1.54, 1.807) is 0 Å². The summed E-state index contributed by atoms with van der Waals surface area (Å²) in [4.78, 5) is 13.7. The molecule has 1 saturated heterocycles. The molecule has 1 heterocycles.